The van der Waals surface area contributed by atoms with Crippen molar-refractivity contribution in [2.24, 2.45) is 0 Å². The van der Waals surface area contributed by atoms with Gasteiger partial charge in [0.05, 0.1) is 11.3 Å². The van der Waals surface area contributed by atoms with E-state index in [1.807, 2.05) is 23.6 Å². The van der Waals surface area contributed by atoms with Crippen LogP contribution < -0.4 is 10.3 Å². The number of nitriles is 1. The molecule has 3 heterocycles. The molecule has 2 aromatic heterocycles. The third-order valence-electron chi connectivity index (χ3n) is 4.88. The van der Waals surface area contributed by atoms with E-state index in [0.717, 1.165) is 43.4 Å². The number of rotatable bonds is 6. The quantitative estimate of drug-likeness (QED) is 0.634. The highest BCUT2D eigenvalue weighted by Crippen LogP contribution is 2.16. The van der Waals surface area contributed by atoms with Crippen molar-refractivity contribution in [2.75, 3.05) is 39.3 Å². The lowest BCUT2D eigenvalue weighted by Crippen LogP contribution is -2.47. The monoisotopic (exact) mass is 395 g/mol. The molecule has 0 N–H and O–H groups in total. The summed E-state index contributed by atoms with van der Waals surface area (Å²) in [4.78, 5) is 22.1. The number of piperazine rings is 1. The Morgan fingerprint density at radius 1 is 1.18 bits per heavy atom. The van der Waals surface area contributed by atoms with Crippen molar-refractivity contribution in [3.63, 3.8) is 0 Å². The average molecular weight is 395 g/mol. The molecule has 0 atom stereocenters. The molecule has 1 fully saturated rings. The molecule has 0 spiro atoms. The molecule has 3 aromatic rings. The predicted molar refractivity (Wildman–Crippen MR) is 108 cm³/mol. The average Bonchev–Trinajstić information content (AvgIpc) is 3.19. The largest absolute Gasteiger partial charge is 0.491 e. The molecule has 0 amide bonds. The third kappa shape index (κ3) is 4.22. The number of fused-ring (bicyclic) bond motifs is 1. The first-order chi connectivity index (χ1) is 13.7. The van der Waals surface area contributed by atoms with E-state index in [4.69, 9.17) is 10.00 Å². The number of para-hydroxylation sites is 1. The molecule has 1 aliphatic rings. The standard InChI is InChI=1S/C20H21N5O2S/c21-14-16-3-1-2-4-18(16)27-11-9-23-5-7-24(8-6-23)15-17-13-19(26)25-10-12-28-20(25)22-17/h1-4,10,12-13H,5-9,11,15H2. The van der Waals surface area contributed by atoms with Gasteiger partial charge in [-0.2, -0.15) is 5.26 Å². The highest BCUT2D eigenvalue weighted by atomic mass is 32.1. The van der Waals surface area contributed by atoms with Gasteiger partial charge in [0.15, 0.2) is 4.96 Å². The molecule has 7 nitrogen and oxygen atoms in total. The van der Waals surface area contributed by atoms with Crippen LogP contribution in [0.25, 0.3) is 4.96 Å². The van der Waals surface area contributed by atoms with Crippen molar-refractivity contribution in [3.8, 4) is 11.8 Å². The molecule has 0 bridgehead atoms. The maximum atomic E-state index is 12.1. The van der Waals surface area contributed by atoms with Gasteiger partial charge in [0, 0.05) is 56.9 Å². The fraction of sp³-hybridized carbons (Fsp3) is 0.350. The Hall–Kier alpha value is -2.73. The van der Waals surface area contributed by atoms with Crippen LogP contribution in [0.5, 0.6) is 5.75 Å². The van der Waals surface area contributed by atoms with E-state index in [1.165, 1.54) is 11.3 Å². The Bertz CT molecular complexity index is 1050. The first kappa shape index (κ1) is 18.6. The number of hydrogen-bond acceptors (Lipinski definition) is 7. The van der Waals surface area contributed by atoms with Gasteiger partial charge in [0.1, 0.15) is 18.4 Å². The molecule has 0 saturated carbocycles. The fourth-order valence-electron chi connectivity index (χ4n) is 3.34. The van der Waals surface area contributed by atoms with E-state index >= 15 is 0 Å². The highest BCUT2D eigenvalue weighted by Gasteiger charge is 2.18. The lowest BCUT2D eigenvalue weighted by molar-refractivity contribution is 0.111. The zero-order valence-electron chi connectivity index (χ0n) is 15.5. The van der Waals surface area contributed by atoms with Gasteiger partial charge in [-0.1, -0.05) is 12.1 Å². The smallest absolute Gasteiger partial charge is 0.258 e. The van der Waals surface area contributed by atoms with E-state index in [1.54, 1.807) is 22.7 Å². The second-order valence-electron chi connectivity index (χ2n) is 6.72. The van der Waals surface area contributed by atoms with Crippen LogP contribution in [0.2, 0.25) is 0 Å². The van der Waals surface area contributed by atoms with Crippen molar-refractivity contribution in [2.45, 2.75) is 6.54 Å². The summed E-state index contributed by atoms with van der Waals surface area (Å²) in [5, 5.41) is 11.0. The van der Waals surface area contributed by atoms with Gasteiger partial charge in [0.25, 0.3) is 5.56 Å². The van der Waals surface area contributed by atoms with Gasteiger partial charge in [-0.05, 0) is 12.1 Å². The highest BCUT2D eigenvalue weighted by molar-refractivity contribution is 7.15. The van der Waals surface area contributed by atoms with Crippen LogP contribution in [0.15, 0.2) is 46.7 Å². The van der Waals surface area contributed by atoms with Crippen LogP contribution in [0.3, 0.4) is 0 Å². The Morgan fingerprint density at radius 2 is 1.96 bits per heavy atom. The fourth-order valence-corrected chi connectivity index (χ4v) is 4.08. The second kappa shape index (κ2) is 8.52. The van der Waals surface area contributed by atoms with E-state index in [2.05, 4.69) is 20.9 Å². The van der Waals surface area contributed by atoms with Crippen LogP contribution in [0.1, 0.15) is 11.3 Å². The molecular weight excluding hydrogens is 374 g/mol. The van der Waals surface area contributed by atoms with Crippen molar-refractivity contribution in [1.29, 1.82) is 5.26 Å². The Morgan fingerprint density at radius 3 is 2.79 bits per heavy atom. The van der Waals surface area contributed by atoms with Crippen LogP contribution in [-0.4, -0.2) is 58.5 Å². The Kier molecular flexibility index (Phi) is 5.67. The van der Waals surface area contributed by atoms with Crippen molar-refractivity contribution in [3.05, 3.63) is 63.5 Å². The van der Waals surface area contributed by atoms with E-state index in [9.17, 15) is 4.79 Å². The predicted octanol–water partition coefficient (Wildman–Crippen LogP) is 1.82. The molecule has 28 heavy (non-hydrogen) atoms. The summed E-state index contributed by atoms with van der Waals surface area (Å²) in [6, 6.07) is 11.1. The summed E-state index contributed by atoms with van der Waals surface area (Å²) in [7, 11) is 0. The SMILES string of the molecule is N#Cc1ccccc1OCCN1CCN(Cc2cc(=O)n3ccsc3n2)CC1. The minimum atomic E-state index is -0.0188. The Balaban J connectivity index is 1.25. The minimum absolute atomic E-state index is 0.0188. The van der Waals surface area contributed by atoms with Crippen LogP contribution in [-0.2, 0) is 6.54 Å². The number of benzene rings is 1. The Labute approximate surface area is 167 Å². The number of thiazole rings is 1. The molecule has 0 aliphatic carbocycles. The summed E-state index contributed by atoms with van der Waals surface area (Å²) >= 11 is 1.48. The van der Waals surface area contributed by atoms with E-state index in [0.29, 0.717) is 24.5 Å². The van der Waals surface area contributed by atoms with Gasteiger partial charge >= 0.3 is 0 Å². The summed E-state index contributed by atoms with van der Waals surface area (Å²) in [5.74, 6) is 0.643. The van der Waals surface area contributed by atoms with Crippen molar-refractivity contribution >= 4 is 16.3 Å². The van der Waals surface area contributed by atoms with Crippen LogP contribution in [0, 0.1) is 11.3 Å². The van der Waals surface area contributed by atoms with E-state index in [-0.39, 0.29) is 5.56 Å². The van der Waals surface area contributed by atoms with Gasteiger partial charge < -0.3 is 4.74 Å². The first-order valence-corrected chi connectivity index (χ1v) is 10.1. The van der Waals surface area contributed by atoms with Crippen LogP contribution in [0.4, 0.5) is 0 Å². The minimum Gasteiger partial charge on any atom is -0.491 e. The van der Waals surface area contributed by atoms with Crippen molar-refractivity contribution in [1.82, 2.24) is 19.2 Å². The topological polar surface area (TPSA) is 73.9 Å². The number of hydrogen-bond donors (Lipinski definition) is 0. The van der Waals surface area contributed by atoms with E-state index < -0.39 is 0 Å². The number of nitrogens with zero attached hydrogens (tertiary/aromatic N) is 5. The second-order valence-corrected chi connectivity index (χ2v) is 7.59. The maximum Gasteiger partial charge on any atom is 0.258 e. The lowest BCUT2D eigenvalue weighted by atomic mass is 10.2. The number of ether oxygens (including phenoxy) is 1. The molecule has 1 saturated heterocycles. The normalized spacial score (nSPS) is 15.5. The van der Waals surface area contributed by atoms with Crippen molar-refractivity contribution < 1.29 is 4.74 Å². The number of aromatic nitrogens is 2. The maximum absolute atomic E-state index is 12.1. The van der Waals surface area contributed by atoms with Gasteiger partial charge in [-0.15, -0.1) is 11.3 Å². The summed E-state index contributed by atoms with van der Waals surface area (Å²) < 4.78 is 7.36. The molecule has 4 rings (SSSR count). The third-order valence-corrected chi connectivity index (χ3v) is 5.64. The summed E-state index contributed by atoms with van der Waals surface area (Å²) in [6.45, 7) is 5.84. The summed E-state index contributed by atoms with van der Waals surface area (Å²) in [5.41, 5.74) is 1.38. The zero-order chi connectivity index (χ0) is 19.3. The van der Waals surface area contributed by atoms with Gasteiger partial charge in [-0.25, -0.2) is 4.98 Å². The molecular formula is C20H21N5O2S. The zero-order valence-corrected chi connectivity index (χ0v) is 16.3. The molecule has 1 aliphatic heterocycles. The van der Waals surface area contributed by atoms with Crippen LogP contribution >= 0.6 is 11.3 Å². The lowest BCUT2D eigenvalue weighted by Gasteiger charge is -2.34. The molecule has 1 aromatic carbocycles. The summed E-state index contributed by atoms with van der Waals surface area (Å²) in [6.07, 6.45) is 1.76. The molecule has 0 radical (unpaired) electrons. The molecule has 0 unspecified atom stereocenters. The first-order valence-electron chi connectivity index (χ1n) is 9.25. The van der Waals surface area contributed by atoms with Gasteiger partial charge in [0.2, 0.25) is 0 Å². The molecule has 8 heteroatoms. The molecule has 144 valence electrons. The van der Waals surface area contributed by atoms with Gasteiger partial charge in [-0.3, -0.25) is 19.0 Å².